The van der Waals surface area contributed by atoms with Crippen molar-refractivity contribution in [3.63, 3.8) is 0 Å². The van der Waals surface area contributed by atoms with Crippen molar-refractivity contribution >= 4 is 11.9 Å². The highest BCUT2D eigenvalue weighted by Crippen LogP contribution is 2.22. The number of nitrogens with one attached hydrogen (secondary N) is 2. The zero-order valence-corrected chi connectivity index (χ0v) is 12.4. The highest BCUT2D eigenvalue weighted by Gasteiger charge is 2.42. The average molecular weight is 315 g/mol. The Bertz CT molecular complexity index is 705. The lowest BCUT2D eigenvalue weighted by Crippen LogP contribution is -2.57. The van der Waals surface area contributed by atoms with Crippen LogP contribution in [0.3, 0.4) is 0 Å². The molecule has 0 unspecified atom stereocenters. The van der Waals surface area contributed by atoms with E-state index in [2.05, 4.69) is 15.5 Å². The van der Waals surface area contributed by atoms with Gasteiger partial charge in [0.1, 0.15) is 11.2 Å². The lowest BCUT2D eigenvalue weighted by molar-refractivity contribution is -0.148. The molecule has 0 radical (unpaired) electrons. The molecule has 0 saturated carbocycles. The predicted octanol–water partition coefficient (Wildman–Crippen LogP) is 1.44. The maximum Gasteiger partial charge on any atom is 0.329 e. The summed E-state index contributed by atoms with van der Waals surface area (Å²) in [4.78, 5) is 24.0. The lowest BCUT2D eigenvalue weighted by Gasteiger charge is -2.33. The lowest BCUT2D eigenvalue weighted by atomic mass is 9.90. The van der Waals surface area contributed by atoms with Gasteiger partial charge in [0.25, 0.3) is 5.91 Å². The Balaban J connectivity index is 1.78. The summed E-state index contributed by atoms with van der Waals surface area (Å²) in [5.74, 6) is -1.53. The quantitative estimate of drug-likeness (QED) is 0.792. The van der Waals surface area contributed by atoms with Crippen LogP contribution in [0.5, 0.6) is 0 Å². The number of benzene rings is 1. The van der Waals surface area contributed by atoms with E-state index >= 15 is 0 Å². The number of carboxylic acids is 1. The molecule has 1 aromatic carbocycles. The number of carbonyl (C=O) groups is 2. The van der Waals surface area contributed by atoms with Crippen molar-refractivity contribution in [1.29, 1.82) is 0 Å². The van der Waals surface area contributed by atoms with Crippen LogP contribution in [0.4, 0.5) is 0 Å². The number of hydrogen-bond donors (Lipinski definition) is 3. The maximum atomic E-state index is 12.4. The number of hydrogen-bond acceptors (Lipinski definition) is 4. The molecule has 1 aliphatic rings. The van der Waals surface area contributed by atoms with Crippen LogP contribution in [-0.2, 0) is 9.53 Å². The summed E-state index contributed by atoms with van der Waals surface area (Å²) >= 11 is 0. The third-order valence-corrected chi connectivity index (χ3v) is 4.00. The van der Waals surface area contributed by atoms with Crippen LogP contribution >= 0.6 is 0 Å². The van der Waals surface area contributed by atoms with E-state index in [1.54, 1.807) is 6.07 Å². The first-order valence-electron chi connectivity index (χ1n) is 7.35. The largest absolute Gasteiger partial charge is 0.480 e. The molecule has 7 nitrogen and oxygen atoms in total. The third kappa shape index (κ3) is 3.09. The zero-order valence-electron chi connectivity index (χ0n) is 12.4. The molecule has 1 saturated heterocycles. The van der Waals surface area contributed by atoms with Gasteiger partial charge in [-0.05, 0) is 6.07 Å². The standard InChI is InChI=1S/C16H17N3O4/c20-14(17-16(15(21)22)6-8-23-9-7-16)13-10-12(18-19-13)11-4-2-1-3-5-11/h1-5,10H,6-9H2,(H,17,20)(H,18,19)(H,21,22). The van der Waals surface area contributed by atoms with Crippen LogP contribution in [-0.4, -0.2) is 45.9 Å². The second-order valence-electron chi connectivity index (χ2n) is 5.49. The molecule has 120 valence electrons. The first-order valence-corrected chi connectivity index (χ1v) is 7.35. The highest BCUT2D eigenvalue weighted by atomic mass is 16.5. The topological polar surface area (TPSA) is 104 Å². The van der Waals surface area contributed by atoms with E-state index in [-0.39, 0.29) is 18.5 Å². The zero-order chi connectivity index (χ0) is 16.3. The number of carbonyl (C=O) groups excluding carboxylic acids is 1. The number of nitrogens with zero attached hydrogens (tertiary/aromatic N) is 1. The van der Waals surface area contributed by atoms with Crippen molar-refractivity contribution < 1.29 is 19.4 Å². The van der Waals surface area contributed by atoms with Crippen molar-refractivity contribution in [3.05, 3.63) is 42.1 Å². The van der Waals surface area contributed by atoms with Crippen LogP contribution in [0.25, 0.3) is 11.3 Å². The summed E-state index contributed by atoms with van der Waals surface area (Å²) in [5, 5.41) is 18.9. The number of H-pyrrole nitrogens is 1. The second kappa shape index (κ2) is 6.21. The van der Waals surface area contributed by atoms with Crippen LogP contribution in [0, 0.1) is 0 Å². The Morgan fingerprint density at radius 3 is 2.57 bits per heavy atom. The predicted molar refractivity (Wildman–Crippen MR) is 81.9 cm³/mol. The molecule has 7 heteroatoms. The molecule has 1 fully saturated rings. The smallest absolute Gasteiger partial charge is 0.329 e. The molecule has 23 heavy (non-hydrogen) atoms. The molecule has 2 aromatic rings. The molecular weight excluding hydrogens is 298 g/mol. The number of aliphatic carboxylic acids is 1. The Kier molecular flexibility index (Phi) is 4.12. The fraction of sp³-hybridized carbons (Fsp3) is 0.312. The van der Waals surface area contributed by atoms with Crippen molar-refractivity contribution in [2.75, 3.05) is 13.2 Å². The number of carboxylic acid groups (broad SMARTS) is 1. The van der Waals surface area contributed by atoms with Gasteiger partial charge in [0.05, 0.1) is 5.69 Å². The van der Waals surface area contributed by atoms with Crippen molar-refractivity contribution in [2.45, 2.75) is 18.4 Å². The fourth-order valence-electron chi connectivity index (χ4n) is 2.59. The summed E-state index contributed by atoms with van der Waals surface area (Å²) in [5.41, 5.74) is 0.456. The summed E-state index contributed by atoms with van der Waals surface area (Å²) in [6.07, 6.45) is 0.488. The first kappa shape index (κ1) is 15.2. The minimum Gasteiger partial charge on any atom is -0.480 e. The minimum atomic E-state index is -1.28. The van der Waals surface area contributed by atoms with Gasteiger partial charge in [-0.1, -0.05) is 30.3 Å². The number of rotatable bonds is 4. The Morgan fingerprint density at radius 1 is 1.22 bits per heavy atom. The van der Waals surface area contributed by atoms with E-state index in [1.807, 2.05) is 30.3 Å². The fourth-order valence-corrected chi connectivity index (χ4v) is 2.59. The van der Waals surface area contributed by atoms with Gasteiger partial charge in [0.2, 0.25) is 0 Å². The molecule has 1 amide bonds. The maximum absolute atomic E-state index is 12.4. The van der Waals surface area contributed by atoms with Crippen LogP contribution < -0.4 is 5.32 Å². The second-order valence-corrected chi connectivity index (χ2v) is 5.49. The molecule has 1 aromatic heterocycles. The van der Waals surface area contributed by atoms with Crippen molar-refractivity contribution in [3.8, 4) is 11.3 Å². The van der Waals surface area contributed by atoms with E-state index in [1.165, 1.54) is 0 Å². The number of ether oxygens (including phenoxy) is 1. The molecule has 2 heterocycles. The Labute approximate surface area is 132 Å². The summed E-state index contributed by atoms with van der Waals surface area (Å²) in [6, 6.07) is 11.0. The van der Waals surface area contributed by atoms with Crippen LogP contribution in [0.2, 0.25) is 0 Å². The van der Waals surface area contributed by atoms with Gasteiger partial charge >= 0.3 is 5.97 Å². The minimum absolute atomic E-state index is 0.232. The van der Waals surface area contributed by atoms with Gasteiger partial charge < -0.3 is 15.2 Å². The van der Waals surface area contributed by atoms with Crippen molar-refractivity contribution in [1.82, 2.24) is 15.5 Å². The van der Waals surface area contributed by atoms with Gasteiger partial charge in [-0.25, -0.2) is 4.79 Å². The summed E-state index contributed by atoms with van der Waals surface area (Å²) in [7, 11) is 0. The number of aromatic nitrogens is 2. The van der Waals surface area contributed by atoms with Crippen molar-refractivity contribution in [2.24, 2.45) is 0 Å². The summed E-state index contributed by atoms with van der Waals surface area (Å²) < 4.78 is 5.19. The molecule has 0 aliphatic carbocycles. The third-order valence-electron chi connectivity index (χ3n) is 4.00. The number of amides is 1. The van der Waals surface area contributed by atoms with E-state index < -0.39 is 17.4 Å². The molecule has 3 rings (SSSR count). The van der Waals surface area contributed by atoms with Gasteiger partial charge in [-0.2, -0.15) is 5.10 Å². The van der Waals surface area contributed by atoms with Gasteiger partial charge in [0, 0.05) is 31.6 Å². The molecule has 0 spiro atoms. The Hall–Kier alpha value is -2.67. The average Bonchev–Trinajstić information content (AvgIpc) is 3.06. The van der Waals surface area contributed by atoms with E-state index in [0.29, 0.717) is 18.9 Å². The van der Waals surface area contributed by atoms with E-state index in [9.17, 15) is 14.7 Å². The molecular formula is C16H17N3O4. The Morgan fingerprint density at radius 2 is 1.91 bits per heavy atom. The van der Waals surface area contributed by atoms with E-state index in [0.717, 1.165) is 5.56 Å². The van der Waals surface area contributed by atoms with Gasteiger partial charge in [-0.15, -0.1) is 0 Å². The normalized spacial score (nSPS) is 16.7. The molecule has 0 atom stereocenters. The monoisotopic (exact) mass is 315 g/mol. The summed E-state index contributed by atoms with van der Waals surface area (Å²) in [6.45, 7) is 0.621. The first-order chi connectivity index (χ1) is 11.1. The van der Waals surface area contributed by atoms with Crippen LogP contribution in [0.1, 0.15) is 23.3 Å². The van der Waals surface area contributed by atoms with E-state index in [4.69, 9.17) is 4.74 Å². The van der Waals surface area contributed by atoms with Crippen LogP contribution in [0.15, 0.2) is 36.4 Å². The van der Waals surface area contributed by atoms with Gasteiger partial charge in [0.15, 0.2) is 0 Å². The highest BCUT2D eigenvalue weighted by molar-refractivity contribution is 5.97. The van der Waals surface area contributed by atoms with Gasteiger partial charge in [-0.3, -0.25) is 9.89 Å². The number of aromatic amines is 1. The molecule has 3 N–H and O–H groups in total. The SMILES string of the molecule is O=C(NC1(C(=O)O)CCOCC1)c1cc(-c2ccccc2)n[nH]1. The molecule has 0 bridgehead atoms. The molecule has 1 aliphatic heterocycles.